The minimum Gasteiger partial charge on any atom is -0.352 e. The molecule has 0 bridgehead atoms. The van der Waals surface area contributed by atoms with Gasteiger partial charge in [-0.25, -0.2) is 0 Å². The molecule has 0 aliphatic rings. The summed E-state index contributed by atoms with van der Waals surface area (Å²) in [5.74, 6) is 0. The van der Waals surface area contributed by atoms with Crippen LogP contribution in [0.1, 0.15) is 6.92 Å². The highest BCUT2D eigenvalue weighted by atomic mass is 16.1. The Balaban J connectivity index is 2.11. The van der Waals surface area contributed by atoms with Gasteiger partial charge in [-0.05, 0) is 13.0 Å². The van der Waals surface area contributed by atoms with Crippen LogP contribution in [0.2, 0.25) is 0 Å². The second kappa shape index (κ2) is 4.85. The predicted octanol–water partition coefficient (Wildman–Crippen LogP) is 2.50. The van der Waals surface area contributed by atoms with Crippen LogP contribution >= 0.6 is 0 Å². The maximum Gasteiger partial charge on any atom is 0.252 e. The molecule has 1 N–H and O–H groups in total. The van der Waals surface area contributed by atoms with Gasteiger partial charge in [-0.2, -0.15) is 5.10 Å². The third-order valence-electron chi connectivity index (χ3n) is 3.39. The summed E-state index contributed by atoms with van der Waals surface area (Å²) in [7, 11) is 1.78. The lowest BCUT2D eigenvalue weighted by Gasteiger charge is -2.10. The minimum atomic E-state index is -0.0333. The maximum absolute atomic E-state index is 12.0. The zero-order valence-electron chi connectivity index (χ0n) is 11.5. The van der Waals surface area contributed by atoms with Crippen LogP contribution in [0.4, 0.5) is 11.4 Å². The average molecular weight is 268 g/mol. The molecule has 1 aromatic carbocycles. The van der Waals surface area contributed by atoms with Crippen LogP contribution in [0.3, 0.4) is 0 Å². The number of aryl methyl sites for hydroxylation is 2. The van der Waals surface area contributed by atoms with Gasteiger partial charge in [-0.15, -0.1) is 0 Å². The summed E-state index contributed by atoms with van der Waals surface area (Å²) in [4.78, 5) is 12.0. The van der Waals surface area contributed by atoms with Gasteiger partial charge in [0.05, 0.1) is 23.1 Å². The molecule has 0 spiro atoms. The van der Waals surface area contributed by atoms with Gasteiger partial charge >= 0.3 is 0 Å². The van der Waals surface area contributed by atoms with Crippen LogP contribution in [0.25, 0.3) is 10.9 Å². The number of hydrogen-bond acceptors (Lipinski definition) is 3. The second-order valence-electron chi connectivity index (χ2n) is 4.68. The topological polar surface area (TPSA) is 51.9 Å². The number of hydrogen-bond donors (Lipinski definition) is 1. The van der Waals surface area contributed by atoms with E-state index < -0.39 is 0 Å². The second-order valence-corrected chi connectivity index (χ2v) is 4.68. The first kappa shape index (κ1) is 12.5. The number of nitrogens with one attached hydrogen (secondary N) is 1. The van der Waals surface area contributed by atoms with E-state index in [1.807, 2.05) is 42.1 Å². The van der Waals surface area contributed by atoms with Crippen molar-refractivity contribution in [2.45, 2.75) is 13.5 Å². The molecule has 5 nitrogen and oxygen atoms in total. The molecule has 0 aliphatic carbocycles. The minimum absolute atomic E-state index is 0.0333. The molecule has 3 rings (SSSR count). The van der Waals surface area contributed by atoms with Gasteiger partial charge in [0.15, 0.2) is 0 Å². The van der Waals surface area contributed by atoms with E-state index in [1.165, 1.54) is 0 Å². The Morgan fingerprint density at radius 1 is 1.30 bits per heavy atom. The molecule has 0 saturated heterocycles. The molecule has 2 heterocycles. The Bertz CT molecular complexity index is 816. The van der Waals surface area contributed by atoms with Gasteiger partial charge in [0, 0.05) is 31.2 Å². The first-order chi connectivity index (χ1) is 9.69. The Kier molecular flexibility index (Phi) is 3.02. The third kappa shape index (κ3) is 2.07. The number of rotatable bonds is 3. The standard InChI is InChI=1S/C15H16N4O/c1-3-19-10-11(9-16-19)17-13-8-15(20)18(2)14-7-5-4-6-12(13)14/h4-10,17H,3H2,1-2H3. The SMILES string of the molecule is CCn1cc(Nc2cc(=O)n(C)c3ccccc23)cn1. The Morgan fingerprint density at radius 2 is 2.10 bits per heavy atom. The van der Waals surface area contributed by atoms with E-state index in [2.05, 4.69) is 10.4 Å². The number of benzene rings is 1. The largest absolute Gasteiger partial charge is 0.352 e. The average Bonchev–Trinajstić information content (AvgIpc) is 2.92. The van der Waals surface area contributed by atoms with Gasteiger partial charge in [-0.3, -0.25) is 9.48 Å². The number of aromatic nitrogens is 3. The Labute approximate surface area is 116 Å². The van der Waals surface area contributed by atoms with Crippen molar-refractivity contribution in [3.05, 3.63) is 53.1 Å². The van der Waals surface area contributed by atoms with E-state index in [0.717, 1.165) is 28.8 Å². The van der Waals surface area contributed by atoms with Crippen molar-refractivity contribution in [2.24, 2.45) is 7.05 Å². The van der Waals surface area contributed by atoms with E-state index >= 15 is 0 Å². The molecule has 0 atom stereocenters. The van der Waals surface area contributed by atoms with E-state index in [-0.39, 0.29) is 5.56 Å². The summed E-state index contributed by atoms with van der Waals surface area (Å²) >= 11 is 0. The molecule has 0 radical (unpaired) electrons. The van der Waals surface area contributed by atoms with E-state index in [9.17, 15) is 4.79 Å². The molecular formula is C15H16N4O. The number of anilines is 2. The highest BCUT2D eigenvalue weighted by Crippen LogP contribution is 2.24. The van der Waals surface area contributed by atoms with Crippen molar-refractivity contribution in [1.82, 2.24) is 14.3 Å². The highest BCUT2D eigenvalue weighted by Gasteiger charge is 2.07. The predicted molar refractivity (Wildman–Crippen MR) is 80.4 cm³/mol. The van der Waals surface area contributed by atoms with Crippen molar-refractivity contribution in [3.63, 3.8) is 0 Å². The molecule has 0 unspecified atom stereocenters. The molecule has 0 amide bonds. The number of pyridine rings is 1. The summed E-state index contributed by atoms with van der Waals surface area (Å²) in [5.41, 5.74) is 2.56. The van der Waals surface area contributed by atoms with E-state index in [1.54, 1.807) is 23.9 Å². The molecular weight excluding hydrogens is 252 g/mol. The molecule has 2 aromatic heterocycles. The van der Waals surface area contributed by atoms with Crippen LogP contribution in [0, 0.1) is 0 Å². The van der Waals surface area contributed by atoms with Gasteiger partial charge in [-0.1, -0.05) is 18.2 Å². The summed E-state index contributed by atoms with van der Waals surface area (Å²) < 4.78 is 3.49. The van der Waals surface area contributed by atoms with Crippen LogP contribution < -0.4 is 10.9 Å². The van der Waals surface area contributed by atoms with Gasteiger partial charge in [0.2, 0.25) is 0 Å². The molecule has 0 saturated carbocycles. The fraction of sp³-hybridized carbons (Fsp3) is 0.200. The van der Waals surface area contributed by atoms with Crippen molar-refractivity contribution in [3.8, 4) is 0 Å². The molecule has 5 heteroatoms. The summed E-state index contributed by atoms with van der Waals surface area (Å²) in [6.45, 7) is 2.85. The van der Waals surface area contributed by atoms with Gasteiger partial charge < -0.3 is 9.88 Å². The van der Waals surface area contributed by atoms with Crippen LogP contribution in [-0.2, 0) is 13.6 Å². The summed E-state index contributed by atoms with van der Waals surface area (Å²) in [6, 6.07) is 9.46. The first-order valence-corrected chi connectivity index (χ1v) is 6.57. The smallest absolute Gasteiger partial charge is 0.252 e. The highest BCUT2D eigenvalue weighted by molar-refractivity contribution is 5.93. The number of fused-ring (bicyclic) bond motifs is 1. The maximum atomic E-state index is 12.0. The zero-order valence-corrected chi connectivity index (χ0v) is 11.5. The first-order valence-electron chi connectivity index (χ1n) is 6.57. The molecule has 0 fully saturated rings. The number of para-hydroxylation sites is 1. The third-order valence-corrected chi connectivity index (χ3v) is 3.39. The van der Waals surface area contributed by atoms with Crippen molar-refractivity contribution in [1.29, 1.82) is 0 Å². The fourth-order valence-corrected chi connectivity index (χ4v) is 2.27. The van der Waals surface area contributed by atoms with E-state index in [4.69, 9.17) is 0 Å². The van der Waals surface area contributed by atoms with Crippen LogP contribution in [0.15, 0.2) is 47.5 Å². The molecule has 102 valence electrons. The Hall–Kier alpha value is -2.56. The summed E-state index contributed by atoms with van der Waals surface area (Å²) in [5, 5.41) is 8.51. The quantitative estimate of drug-likeness (QED) is 0.794. The normalized spacial score (nSPS) is 10.9. The lowest BCUT2D eigenvalue weighted by molar-refractivity contribution is 0.660. The Morgan fingerprint density at radius 3 is 2.85 bits per heavy atom. The monoisotopic (exact) mass is 268 g/mol. The molecule has 20 heavy (non-hydrogen) atoms. The lowest BCUT2D eigenvalue weighted by atomic mass is 10.2. The molecule has 3 aromatic rings. The number of nitrogens with zero attached hydrogens (tertiary/aromatic N) is 3. The molecule has 0 aliphatic heterocycles. The van der Waals surface area contributed by atoms with Crippen LogP contribution in [-0.4, -0.2) is 14.3 Å². The zero-order chi connectivity index (χ0) is 14.1. The lowest BCUT2D eigenvalue weighted by Crippen LogP contribution is -2.16. The van der Waals surface area contributed by atoms with E-state index in [0.29, 0.717) is 0 Å². The van der Waals surface area contributed by atoms with Crippen molar-refractivity contribution in [2.75, 3.05) is 5.32 Å². The summed E-state index contributed by atoms with van der Waals surface area (Å²) in [6.07, 6.45) is 3.68. The fourth-order valence-electron chi connectivity index (χ4n) is 2.27. The van der Waals surface area contributed by atoms with Crippen molar-refractivity contribution < 1.29 is 0 Å². The van der Waals surface area contributed by atoms with Gasteiger partial charge in [0.1, 0.15) is 0 Å². The van der Waals surface area contributed by atoms with Crippen LogP contribution in [0.5, 0.6) is 0 Å². The van der Waals surface area contributed by atoms with Gasteiger partial charge in [0.25, 0.3) is 5.56 Å². The van der Waals surface area contributed by atoms with Crippen molar-refractivity contribution >= 4 is 22.3 Å².